The van der Waals surface area contributed by atoms with Crippen LogP contribution in [-0.4, -0.2) is 4.92 Å². The van der Waals surface area contributed by atoms with E-state index in [0.717, 1.165) is 0 Å². The Balaban J connectivity index is 0.000000671. The quantitative estimate of drug-likeness (QED) is 0.413. The molecule has 0 fully saturated rings. The van der Waals surface area contributed by atoms with Gasteiger partial charge in [0.2, 0.25) is 0 Å². The first-order valence-electron chi connectivity index (χ1n) is 2.91. The van der Waals surface area contributed by atoms with Crippen molar-refractivity contribution < 1.29 is 4.92 Å². The van der Waals surface area contributed by atoms with Crippen LogP contribution in [0.4, 0.5) is 5.69 Å². The lowest BCUT2D eigenvalue weighted by molar-refractivity contribution is -0.384. The summed E-state index contributed by atoms with van der Waals surface area (Å²) in [4.78, 5) is 9.66. The molecule has 0 saturated carbocycles. The minimum absolute atomic E-state index is 0.0147. The Morgan fingerprint density at radius 3 is 2.23 bits per heavy atom. The summed E-state index contributed by atoms with van der Waals surface area (Å²) in [6.07, 6.45) is 0. The van der Waals surface area contributed by atoms with Crippen molar-refractivity contribution in [1.29, 1.82) is 10.8 Å². The van der Waals surface area contributed by atoms with Crippen LogP contribution >= 0.6 is 23.2 Å². The fourth-order valence-electron chi connectivity index (χ4n) is 0.633. The SMILES string of the molecule is N#N.O=[N+]([O-])c1cccc(Cl)c1Cl. The Hall–Kier alpha value is -1.38. The maximum atomic E-state index is 10.2. The van der Waals surface area contributed by atoms with E-state index in [1.54, 1.807) is 0 Å². The maximum absolute atomic E-state index is 10.2. The summed E-state index contributed by atoms with van der Waals surface area (Å²) < 4.78 is 0. The van der Waals surface area contributed by atoms with E-state index in [1.807, 2.05) is 0 Å². The van der Waals surface area contributed by atoms with Crippen molar-refractivity contribution >= 4 is 28.9 Å². The fraction of sp³-hybridized carbons (Fsp3) is 0. The molecular weight excluding hydrogens is 217 g/mol. The van der Waals surface area contributed by atoms with Gasteiger partial charge in [0, 0.05) is 16.9 Å². The standard InChI is InChI=1S/C6H3Cl2NO2.N2/c7-4-2-1-3-5(6(4)8)9(10)11;1-2/h1-3H;. The number of nitro benzene ring substituents is 1. The summed E-state index contributed by atoms with van der Waals surface area (Å²) in [5, 5.41) is 22.4. The van der Waals surface area contributed by atoms with Crippen molar-refractivity contribution in [3.63, 3.8) is 0 Å². The van der Waals surface area contributed by atoms with E-state index in [4.69, 9.17) is 34.0 Å². The number of nitro groups is 1. The summed E-state index contributed by atoms with van der Waals surface area (Å²) in [5.41, 5.74) is -0.167. The van der Waals surface area contributed by atoms with Gasteiger partial charge in [-0.05, 0) is 6.07 Å². The summed E-state index contributed by atoms with van der Waals surface area (Å²) in [6.45, 7) is 0. The van der Waals surface area contributed by atoms with Crippen molar-refractivity contribution in [3.8, 4) is 0 Å². The van der Waals surface area contributed by atoms with Gasteiger partial charge in [-0.3, -0.25) is 10.1 Å². The van der Waals surface area contributed by atoms with Crippen molar-refractivity contribution in [3.05, 3.63) is 38.4 Å². The lowest BCUT2D eigenvalue weighted by Gasteiger charge is -1.94. The van der Waals surface area contributed by atoms with Gasteiger partial charge in [0.05, 0.1) is 9.95 Å². The van der Waals surface area contributed by atoms with Gasteiger partial charge in [0.25, 0.3) is 5.69 Å². The molecule has 0 saturated heterocycles. The highest BCUT2D eigenvalue weighted by Gasteiger charge is 2.13. The van der Waals surface area contributed by atoms with Crippen molar-refractivity contribution in [2.75, 3.05) is 0 Å². The van der Waals surface area contributed by atoms with E-state index in [-0.39, 0.29) is 15.7 Å². The molecule has 1 rings (SSSR count). The normalized spacial score (nSPS) is 8.31. The van der Waals surface area contributed by atoms with Gasteiger partial charge in [-0.2, -0.15) is 0 Å². The predicted molar refractivity (Wildman–Crippen MR) is 46.6 cm³/mol. The molecule has 0 bridgehead atoms. The first-order chi connectivity index (χ1) is 6.13. The topological polar surface area (TPSA) is 90.7 Å². The van der Waals surface area contributed by atoms with E-state index in [1.165, 1.54) is 18.2 Å². The zero-order valence-electron chi connectivity index (χ0n) is 6.15. The Labute approximate surface area is 83.4 Å². The molecule has 0 spiro atoms. The third-order valence-electron chi connectivity index (χ3n) is 1.13. The number of hydrogen-bond donors (Lipinski definition) is 0. The van der Waals surface area contributed by atoms with E-state index in [0.29, 0.717) is 0 Å². The van der Waals surface area contributed by atoms with Gasteiger partial charge >= 0.3 is 0 Å². The van der Waals surface area contributed by atoms with Gasteiger partial charge in [-0.25, -0.2) is 0 Å². The summed E-state index contributed by atoms with van der Waals surface area (Å²) in [6, 6.07) is 4.28. The van der Waals surface area contributed by atoms with Crippen LogP contribution in [0.2, 0.25) is 10.0 Å². The molecule has 0 radical (unpaired) electrons. The van der Waals surface area contributed by atoms with Crippen molar-refractivity contribution in [2.24, 2.45) is 0 Å². The van der Waals surface area contributed by atoms with Crippen LogP contribution in [0, 0.1) is 20.9 Å². The molecule has 7 heteroatoms. The second kappa shape index (κ2) is 5.30. The van der Waals surface area contributed by atoms with E-state index >= 15 is 0 Å². The zero-order valence-corrected chi connectivity index (χ0v) is 7.66. The molecule has 0 heterocycles. The highest BCUT2D eigenvalue weighted by Crippen LogP contribution is 2.30. The van der Waals surface area contributed by atoms with Crippen LogP contribution in [0.25, 0.3) is 0 Å². The number of nitrogens with zero attached hydrogens (tertiary/aromatic N) is 3. The molecule has 0 aliphatic rings. The van der Waals surface area contributed by atoms with Gasteiger partial charge in [-0.1, -0.05) is 29.3 Å². The summed E-state index contributed by atoms with van der Waals surface area (Å²) in [5.74, 6) is 0. The Morgan fingerprint density at radius 1 is 1.31 bits per heavy atom. The zero-order chi connectivity index (χ0) is 10.4. The molecule has 1 aromatic carbocycles. The van der Waals surface area contributed by atoms with Crippen molar-refractivity contribution in [1.82, 2.24) is 0 Å². The molecule has 1 aromatic rings. The number of halogens is 2. The largest absolute Gasteiger partial charge is 0.289 e. The monoisotopic (exact) mass is 219 g/mol. The lowest BCUT2D eigenvalue weighted by atomic mass is 10.3. The van der Waals surface area contributed by atoms with Gasteiger partial charge < -0.3 is 0 Å². The molecule has 0 unspecified atom stereocenters. The second-order valence-corrected chi connectivity index (χ2v) is 2.62. The Morgan fingerprint density at radius 2 is 1.85 bits per heavy atom. The lowest BCUT2D eigenvalue weighted by Crippen LogP contribution is -1.88. The molecule has 13 heavy (non-hydrogen) atoms. The van der Waals surface area contributed by atoms with Gasteiger partial charge in [-0.15, -0.1) is 0 Å². The average Bonchev–Trinajstić information content (AvgIpc) is 2.13. The molecule has 5 nitrogen and oxygen atoms in total. The molecule has 0 amide bonds. The molecule has 0 aliphatic carbocycles. The number of rotatable bonds is 1. The molecular formula is C6H3Cl2N3O2. The first-order valence-corrected chi connectivity index (χ1v) is 3.67. The third-order valence-corrected chi connectivity index (χ3v) is 1.94. The Kier molecular flexibility index (Phi) is 4.74. The second-order valence-electron chi connectivity index (χ2n) is 1.83. The minimum Gasteiger partial charge on any atom is -0.258 e. The molecule has 0 atom stereocenters. The minimum atomic E-state index is -0.575. The molecule has 0 aromatic heterocycles. The van der Waals surface area contributed by atoms with Crippen LogP contribution in [0.1, 0.15) is 0 Å². The third kappa shape index (κ3) is 2.86. The van der Waals surface area contributed by atoms with Crippen molar-refractivity contribution in [2.45, 2.75) is 0 Å². The molecule has 0 N–H and O–H groups in total. The highest BCUT2D eigenvalue weighted by molar-refractivity contribution is 6.43. The number of benzene rings is 1. The molecule has 0 aliphatic heterocycles. The van der Waals surface area contributed by atoms with Gasteiger partial charge in [0.15, 0.2) is 0 Å². The highest BCUT2D eigenvalue weighted by atomic mass is 35.5. The molecule has 68 valence electrons. The van der Waals surface area contributed by atoms with Gasteiger partial charge in [0.1, 0.15) is 5.02 Å². The van der Waals surface area contributed by atoms with E-state index < -0.39 is 4.92 Å². The van der Waals surface area contributed by atoms with Crippen LogP contribution in [0.5, 0.6) is 0 Å². The maximum Gasteiger partial charge on any atom is 0.289 e. The predicted octanol–water partition coefficient (Wildman–Crippen LogP) is 2.93. The first kappa shape index (κ1) is 11.6. The smallest absolute Gasteiger partial charge is 0.258 e. The van der Waals surface area contributed by atoms with E-state index in [9.17, 15) is 10.1 Å². The van der Waals surface area contributed by atoms with Crippen LogP contribution in [0.15, 0.2) is 18.2 Å². The average molecular weight is 220 g/mol. The van der Waals surface area contributed by atoms with Crippen LogP contribution in [0.3, 0.4) is 0 Å². The number of hydrogen-bond acceptors (Lipinski definition) is 4. The Bertz CT molecular complexity index is 340. The summed E-state index contributed by atoms with van der Waals surface area (Å²) >= 11 is 11.0. The fourth-order valence-corrected chi connectivity index (χ4v) is 0.998. The summed E-state index contributed by atoms with van der Waals surface area (Å²) in [7, 11) is 0. The van der Waals surface area contributed by atoms with Crippen LogP contribution < -0.4 is 0 Å². The van der Waals surface area contributed by atoms with E-state index in [2.05, 4.69) is 0 Å². The van der Waals surface area contributed by atoms with Crippen LogP contribution in [-0.2, 0) is 0 Å².